The molecule has 27 heavy (non-hydrogen) atoms. The van der Waals surface area contributed by atoms with Gasteiger partial charge in [0.1, 0.15) is 5.82 Å². The number of nitrogens with zero attached hydrogens (tertiary/aromatic N) is 2. The quantitative estimate of drug-likeness (QED) is 0.365. The van der Waals surface area contributed by atoms with E-state index >= 15 is 0 Å². The lowest BCUT2D eigenvalue weighted by Gasteiger charge is -2.15. The van der Waals surface area contributed by atoms with Gasteiger partial charge in [0.25, 0.3) is 17.5 Å². The van der Waals surface area contributed by atoms with Crippen LogP contribution in [0.25, 0.3) is 6.08 Å². The molecule has 1 heterocycles. The molecule has 2 aromatic carbocycles. The normalized spacial score (nSPS) is 15.3. The minimum absolute atomic E-state index is 0.109. The van der Waals surface area contributed by atoms with Gasteiger partial charge >= 0.3 is 0 Å². The fourth-order valence-corrected chi connectivity index (χ4v) is 3.39. The van der Waals surface area contributed by atoms with Crippen molar-refractivity contribution in [2.24, 2.45) is 0 Å². The fourth-order valence-electron chi connectivity index (χ4n) is 2.21. The first-order valence-electron chi connectivity index (χ1n) is 7.44. The summed E-state index contributed by atoms with van der Waals surface area (Å²) in [4.78, 5) is 35.0. The zero-order chi connectivity index (χ0) is 19.6. The van der Waals surface area contributed by atoms with Crippen LogP contribution in [0.4, 0.5) is 10.1 Å². The molecule has 7 nitrogen and oxygen atoms in total. The molecule has 1 aliphatic heterocycles. The van der Waals surface area contributed by atoms with Crippen LogP contribution in [0.5, 0.6) is 0 Å². The molecule has 136 valence electrons. The van der Waals surface area contributed by atoms with Gasteiger partial charge in [-0.15, -0.1) is 0 Å². The van der Waals surface area contributed by atoms with E-state index in [2.05, 4.69) is 5.43 Å². The number of nitro groups is 1. The minimum Gasteiger partial charge on any atom is -0.267 e. The Morgan fingerprint density at radius 3 is 2.59 bits per heavy atom. The molecule has 0 atom stereocenters. The van der Waals surface area contributed by atoms with Gasteiger partial charge in [-0.3, -0.25) is 25.1 Å². The molecular formula is C17H10FN3O4S2. The number of hydrazine groups is 1. The van der Waals surface area contributed by atoms with E-state index in [1.54, 1.807) is 6.07 Å². The molecule has 0 saturated carbocycles. The largest absolute Gasteiger partial charge is 0.285 e. The van der Waals surface area contributed by atoms with Gasteiger partial charge in [0.15, 0.2) is 4.32 Å². The van der Waals surface area contributed by atoms with Crippen LogP contribution in [-0.2, 0) is 4.79 Å². The van der Waals surface area contributed by atoms with E-state index in [-0.39, 0.29) is 20.5 Å². The van der Waals surface area contributed by atoms with Gasteiger partial charge in [-0.05, 0) is 48.1 Å². The van der Waals surface area contributed by atoms with Crippen molar-refractivity contribution in [3.05, 3.63) is 80.5 Å². The summed E-state index contributed by atoms with van der Waals surface area (Å²) in [6.07, 6.45) is 1.47. The summed E-state index contributed by atoms with van der Waals surface area (Å²) in [5.74, 6) is -1.64. The molecule has 2 aromatic rings. The lowest BCUT2D eigenvalue weighted by Crippen LogP contribution is -2.44. The van der Waals surface area contributed by atoms with Crippen molar-refractivity contribution in [2.45, 2.75) is 0 Å². The van der Waals surface area contributed by atoms with Gasteiger partial charge in [0, 0.05) is 17.7 Å². The summed E-state index contributed by atoms with van der Waals surface area (Å²) >= 11 is 6.08. The lowest BCUT2D eigenvalue weighted by molar-refractivity contribution is -0.384. The number of benzene rings is 2. The Morgan fingerprint density at radius 1 is 1.26 bits per heavy atom. The van der Waals surface area contributed by atoms with E-state index in [1.807, 2.05) is 0 Å². The molecule has 2 amide bonds. The number of carbonyl (C=O) groups excluding carboxylic acids is 2. The maximum absolute atomic E-state index is 13.3. The third-order valence-electron chi connectivity index (χ3n) is 3.49. The average molecular weight is 403 g/mol. The predicted octanol–water partition coefficient (Wildman–Crippen LogP) is 3.28. The molecule has 0 unspecified atom stereocenters. The molecule has 3 rings (SSSR count). The summed E-state index contributed by atoms with van der Waals surface area (Å²) < 4.78 is 13.4. The number of nitro benzene ring substituents is 1. The second-order valence-corrected chi connectivity index (χ2v) is 6.99. The van der Waals surface area contributed by atoms with Crippen molar-refractivity contribution in [1.29, 1.82) is 0 Å². The SMILES string of the molecule is O=C(NN1C(=O)/C(=C/c2cccc(F)c2)SC1=S)c1ccc([N+](=O)[O-])cc1. The summed E-state index contributed by atoms with van der Waals surface area (Å²) in [6.45, 7) is 0. The predicted molar refractivity (Wildman–Crippen MR) is 102 cm³/mol. The third kappa shape index (κ3) is 4.18. The molecular weight excluding hydrogens is 393 g/mol. The van der Waals surface area contributed by atoms with Gasteiger partial charge < -0.3 is 0 Å². The van der Waals surface area contributed by atoms with E-state index in [1.165, 1.54) is 48.5 Å². The van der Waals surface area contributed by atoms with Crippen molar-refractivity contribution >= 4 is 51.9 Å². The number of amides is 2. The number of carbonyl (C=O) groups is 2. The number of hydrogen-bond acceptors (Lipinski definition) is 6. The second kappa shape index (κ2) is 7.64. The van der Waals surface area contributed by atoms with Crippen LogP contribution >= 0.6 is 24.0 Å². The Hall–Kier alpha value is -3.11. The number of thioether (sulfide) groups is 1. The smallest absolute Gasteiger partial charge is 0.267 e. The van der Waals surface area contributed by atoms with Gasteiger partial charge in [-0.1, -0.05) is 23.9 Å². The maximum atomic E-state index is 13.3. The van der Waals surface area contributed by atoms with Gasteiger partial charge in [-0.25, -0.2) is 4.39 Å². The van der Waals surface area contributed by atoms with Crippen LogP contribution < -0.4 is 5.43 Å². The van der Waals surface area contributed by atoms with Crippen LogP contribution in [0.2, 0.25) is 0 Å². The van der Waals surface area contributed by atoms with E-state index in [9.17, 15) is 24.1 Å². The summed E-state index contributed by atoms with van der Waals surface area (Å²) in [5.41, 5.74) is 2.82. The number of hydrogen-bond donors (Lipinski definition) is 1. The highest BCUT2D eigenvalue weighted by molar-refractivity contribution is 8.26. The number of thiocarbonyl (C=S) groups is 1. The number of halogens is 1. The molecule has 1 saturated heterocycles. The highest BCUT2D eigenvalue weighted by atomic mass is 32.2. The Morgan fingerprint density at radius 2 is 1.96 bits per heavy atom. The summed E-state index contributed by atoms with van der Waals surface area (Å²) in [6, 6.07) is 10.6. The first-order chi connectivity index (χ1) is 12.8. The first-order valence-corrected chi connectivity index (χ1v) is 8.66. The fraction of sp³-hybridized carbons (Fsp3) is 0. The third-order valence-corrected chi connectivity index (χ3v) is 4.80. The Bertz CT molecular complexity index is 992. The average Bonchev–Trinajstić information content (AvgIpc) is 2.89. The van der Waals surface area contributed by atoms with E-state index in [0.717, 1.165) is 16.8 Å². The Labute approximate surface area is 162 Å². The van der Waals surface area contributed by atoms with Crippen molar-refractivity contribution in [3.63, 3.8) is 0 Å². The van der Waals surface area contributed by atoms with E-state index in [0.29, 0.717) is 5.56 Å². The number of non-ortho nitro benzene ring substituents is 1. The molecule has 0 bridgehead atoms. The highest BCUT2D eigenvalue weighted by Gasteiger charge is 2.33. The highest BCUT2D eigenvalue weighted by Crippen LogP contribution is 2.31. The lowest BCUT2D eigenvalue weighted by atomic mass is 10.2. The number of rotatable bonds is 4. The summed E-state index contributed by atoms with van der Waals surface area (Å²) in [5, 5.41) is 11.6. The van der Waals surface area contributed by atoms with Gasteiger partial charge in [0.05, 0.1) is 9.83 Å². The van der Waals surface area contributed by atoms with Crippen molar-refractivity contribution in [3.8, 4) is 0 Å². The zero-order valence-corrected chi connectivity index (χ0v) is 15.1. The molecule has 0 radical (unpaired) electrons. The molecule has 10 heteroatoms. The molecule has 0 aliphatic carbocycles. The standard InChI is InChI=1S/C17H10FN3O4S2/c18-12-3-1-2-10(8-12)9-14-16(23)20(17(26)27-14)19-15(22)11-4-6-13(7-5-11)21(24)25/h1-9H,(H,19,22)/b14-9-. The molecule has 1 N–H and O–H groups in total. The van der Waals surface area contributed by atoms with Crippen LogP contribution in [0.15, 0.2) is 53.4 Å². The molecule has 0 aromatic heterocycles. The van der Waals surface area contributed by atoms with Gasteiger partial charge in [0.2, 0.25) is 0 Å². The van der Waals surface area contributed by atoms with Crippen LogP contribution in [0.3, 0.4) is 0 Å². The van der Waals surface area contributed by atoms with Crippen LogP contribution in [-0.4, -0.2) is 26.1 Å². The Kier molecular flexibility index (Phi) is 5.28. The second-order valence-electron chi connectivity index (χ2n) is 5.32. The van der Waals surface area contributed by atoms with E-state index < -0.39 is 22.6 Å². The monoisotopic (exact) mass is 403 g/mol. The zero-order valence-electron chi connectivity index (χ0n) is 13.4. The van der Waals surface area contributed by atoms with Crippen molar-refractivity contribution in [2.75, 3.05) is 0 Å². The van der Waals surface area contributed by atoms with Crippen LogP contribution in [0.1, 0.15) is 15.9 Å². The number of nitrogens with one attached hydrogen (secondary N) is 1. The molecule has 1 aliphatic rings. The van der Waals surface area contributed by atoms with E-state index in [4.69, 9.17) is 12.2 Å². The maximum Gasteiger partial charge on any atom is 0.285 e. The van der Waals surface area contributed by atoms with Crippen molar-refractivity contribution in [1.82, 2.24) is 10.4 Å². The van der Waals surface area contributed by atoms with Crippen LogP contribution in [0, 0.1) is 15.9 Å². The topological polar surface area (TPSA) is 92.6 Å². The van der Waals surface area contributed by atoms with Gasteiger partial charge in [-0.2, -0.15) is 5.01 Å². The molecule has 0 spiro atoms. The first kappa shape index (κ1) is 18.7. The Balaban J connectivity index is 1.75. The van der Waals surface area contributed by atoms with Crippen molar-refractivity contribution < 1.29 is 18.9 Å². The molecule has 1 fully saturated rings. The summed E-state index contributed by atoms with van der Waals surface area (Å²) in [7, 11) is 0. The minimum atomic E-state index is -0.645.